The van der Waals surface area contributed by atoms with E-state index in [9.17, 15) is 0 Å². The molecule has 0 spiro atoms. The van der Waals surface area contributed by atoms with E-state index in [1.165, 1.54) is 38.5 Å². The van der Waals surface area contributed by atoms with Crippen molar-refractivity contribution in [3.63, 3.8) is 0 Å². The van der Waals surface area contributed by atoms with Crippen LogP contribution in [-0.4, -0.2) is 0 Å². The van der Waals surface area contributed by atoms with Crippen molar-refractivity contribution in [2.45, 2.75) is 52.4 Å². The topological polar surface area (TPSA) is 0 Å². The number of rotatable bonds is 6. The van der Waals surface area contributed by atoms with Crippen LogP contribution in [0.4, 0.5) is 0 Å². The van der Waals surface area contributed by atoms with E-state index in [4.69, 9.17) is 17.0 Å². The average Bonchev–Trinajstić information content (AvgIpc) is 2.74. The Morgan fingerprint density at radius 2 is 1.62 bits per heavy atom. The molecule has 1 rings (SSSR count). The van der Waals surface area contributed by atoms with Gasteiger partial charge in [0.1, 0.15) is 0 Å². The van der Waals surface area contributed by atoms with Crippen LogP contribution in [-0.2, 0) is 20.8 Å². The molecule has 0 nitrogen and oxygen atoms in total. The molecule has 0 saturated heterocycles. The van der Waals surface area contributed by atoms with Crippen LogP contribution in [0, 0.1) is 11.5 Å². The Kier molecular flexibility index (Phi) is 11.7. The molecule has 0 aliphatic heterocycles. The summed E-state index contributed by atoms with van der Waals surface area (Å²) in [6.07, 6.45) is 17.9. The molecular formula is C13H21Cl2Zr-. The van der Waals surface area contributed by atoms with Crippen molar-refractivity contribution in [2.24, 2.45) is 5.41 Å². The van der Waals surface area contributed by atoms with Gasteiger partial charge in [0.05, 0.1) is 0 Å². The SMILES string of the molecule is CCCCC1(CCCC)[C-]=CC=C1.[Cl][Zr][Cl]. The van der Waals surface area contributed by atoms with Crippen LogP contribution in [0.15, 0.2) is 18.2 Å². The van der Waals surface area contributed by atoms with Crippen molar-refractivity contribution >= 4 is 17.0 Å². The van der Waals surface area contributed by atoms with Gasteiger partial charge in [-0.15, -0.1) is 0 Å². The predicted octanol–water partition coefficient (Wildman–Crippen LogP) is 5.66. The summed E-state index contributed by atoms with van der Waals surface area (Å²) in [6.45, 7) is 4.52. The summed E-state index contributed by atoms with van der Waals surface area (Å²) in [7, 11) is 9.87. The van der Waals surface area contributed by atoms with Gasteiger partial charge >= 0.3 is 37.9 Å². The van der Waals surface area contributed by atoms with Gasteiger partial charge < -0.3 is 0 Å². The summed E-state index contributed by atoms with van der Waals surface area (Å²) in [6, 6.07) is 0. The standard InChI is InChI=1S/C13H21.2ClH.Zr/c1-3-5-9-13(10-6-4-2)11-7-8-12-13;;;/h7-8,11H,3-6,9-10H2,1-2H3;2*1H;/q-1;;;+2/p-2. The van der Waals surface area contributed by atoms with Crippen LogP contribution in [0.1, 0.15) is 52.4 Å². The van der Waals surface area contributed by atoms with Crippen molar-refractivity contribution in [3.05, 3.63) is 24.3 Å². The Labute approximate surface area is 119 Å². The molecule has 0 unspecified atom stereocenters. The van der Waals surface area contributed by atoms with Gasteiger partial charge in [-0.1, -0.05) is 57.8 Å². The third-order valence-electron chi connectivity index (χ3n) is 2.84. The second kappa shape index (κ2) is 11.1. The fraction of sp³-hybridized carbons (Fsp3) is 0.692. The molecule has 0 fully saturated rings. The van der Waals surface area contributed by atoms with E-state index in [1.54, 1.807) is 0 Å². The number of hydrogen-bond acceptors (Lipinski definition) is 0. The summed E-state index contributed by atoms with van der Waals surface area (Å²) >= 11 is -0.826. The Hall–Kier alpha value is 0.943. The molecule has 0 atom stereocenters. The van der Waals surface area contributed by atoms with Crippen LogP contribution in [0.2, 0.25) is 0 Å². The molecule has 0 amide bonds. The molecule has 0 heterocycles. The molecule has 0 bridgehead atoms. The molecule has 0 aromatic rings. The van der Waals surface area contributed by atoms with Crippen molar-refractivity contribution in [1.29, 1.82) is 0 Å². The van der Waals surface area contributed by atoms with Crippen LogP contribution < -0.4 is 0 Å². The third-order valence-corrected chi connectivity index (χ3v) is 2.84. The van der Waals surface area contributed by atoms with Crippen molar-refractivity contribution in [2.75, 3.05) is 0 Å². The van der Waals surface area contributed by atoms with Crippen molar-refractivity contribution in [1.82, 2.24) is 0 Å². The summed E-state index contributed by atoms with van der Waals surface area (Å²) in [5, 5.41) is 0. The Balaban J connectivity index is 0.000000673. The van der Waals surface area contributed by atoms with Gasteiger partial charge in [0.2, 0.25) is 0 Å². The van der Waals surface area contributed by atoms with Gasteiger partial charge in [0, 0.05) is 0 Å². The normalized spacial score (nSPS) is 15.8. The molecule has 0 aromatic heterocycles. The molecule has 0 aromatic carbocycles. The van der Waals surface area contributed by atoms with E-state index in [2.05, 4.69) is 38.2 Å². The third kappa shape index (κ3) is 7.30. The maximum atomic E-state index is 4.93. The molecular weight excluding hydrogens is 318 g/mol. The molecule has 92 valence electrons. The van der Waals surface area contributed by atoms with E-state index < -0.39 is 20.8 Å². The predicted molar refractivity (Wildman–Crippen MR) is 70.1 cm³/mol. The summed E-state index contributed by atoms with van der Waals surface area (Å²) in [4.78, 5) is 0. The first-order chi connectivity index (χ1) is 7.74. The summed E-state index contributed by atoms with van der Waals surface area (Å²) < 4.78 is 0. The zero-order valence-electron chi connectivity index (χ0n) is 10.2. The van der Waals surface area contributed by atoms with E-state index >= 15 is 0 Å². The maximum absolute atomic E-state index is 4.93. The zero-order chi connectivity index (χ0) is 12.3. The van der Waals surface area contributed by atoms with E-state index in [-0.39, 0.29) is 0 Å². The Morgan fingerprint density at radius 3 is 1.94 bits per heavy atom. The van der Waals surface area contributed by atoms with Crippen LogP contribution in [0.25, 0.3) is 0 Å². The fourth-order valence-corrected chi connectivity index (χ4v) is 1.91. The van der Waals surface area contributed by atoms with Gasteiger partial charge in [-0.05, 0) is 0 Å². The van der Waals surface area contributed by atoms with Gasteiger partial charge in [-0.3, -0.25) is 6.08 Å². The van der Waals surface area contributed by atoms with E-state index in [0.29, 0.717) is 5.41 Å². The summed E-state index contributed by atoms with van der Waals surface area (Å²) in [5.74, 6) is 0. The minimum absolute atomic E-state index is 0.312. The Bertz CT molecular complexity index is 190. The molecule has 0 radical (unpaired) electrons. The molecule has 1 aliphatic carbocycles. The zero-order valence-corrected chi connectivity index (χ0v) is 14.2. The first kappa shape index (κ1) is 16.9. The molecule has 0 N–H and O–H groups in total. The second-order valence-corrected chi connectivity index (χ2v) is 7.84. The van der Waals surface area contributed by atoms with Crippen LogP contribution in [0.3, 0.4) is 0 Å². The monoisotopic (exact) mass is 337 g/mol. The van der Waals surface area contributed by atoms with Gasteiger partial charge in [-0.25, -0.2) is 12.2 Å². The number of hydrogen-bond donors (Lipinski definition) is 0. The van der Waals surface area contributed by atoms with Gasteiger partial charge in [0.25, 0.3) is 0 Å². The van der Waals surface area contributed by atoms with E-state index in [1.807, 2.05) is 0 Å². The van der Waals surface area contributed by atoms with Crippen LogP contribution >= 0.6 is 17.0 Å². The molecule has 0 saturated carbocycles. The van der Waals surface area contributed by atoms with Gasteiger partial charge in [-0.2, -0.15) is 6.08 Å². The van der Waals surface area contributed by atoms with Crippen LogP contribution in [0.5, 0.6) is 0 Å². The average molecular weight is 339 g/mol. The quantitative estimate of drug-likeness (QED) is 0.548. The first-order valence-corrected chi connectivity index (χ1v) is 12.3. The van der Waals surface area contributed by atoms with Gasteiger partial charge in [0.15, 0.2) is 0 Å². The number of unbranched alkanes of at least 4 members (excludes halogenated alkanes) is 2. The summed E-state index contributed by atoms with van der Waals surface area (Å²) in [5.41, 5.74) is 0.312. The van der Waals surface area contributed by atoms with Crippen molar-refractivity contribution < 1.29 is 20.8 Å². The Morgan fingerprint density at radius 1 is 1.12 bits per heavy atom. The number of halogens is 2. The second-order valence-electron chi connectivity index (χ2n) is 4.10. The first-order valence-electron chi connectivity index (χ1n) is 5.99. The molecule has 16 heavy (non-hydrogen) atoms. The van der Waals surface area contributed by atoms with Crippen molar-refractivity contribution in [3.8, 4) is 0 Å². The number of allylic oxidation sites excluding steroid dienone is 4. The fourth-order valence-electron chi connectivity index (χ4n) is 1.91. The minimum atomic E-state index is -0.826. The molecule has 3 heteroatoms. The molecule has 1 aliphatic rings. The van der Waals surface area contributed by atoms with E-state index in [0.717, 1.165) is 0 Å².